The van der Waals surface area contributed by atoms with Gasteiger partial charge in [-0.15, -0.1) is 0 Å². The van der Waals surface area contributed by atoms with Crippen LogP contribution in [0.4, 0.5) is 0 Å². The van der Waals surface area contributed by atoms with Crippen molar-refractivity contribution in [2.75, 3.05) is 26.9 Å². The van der Waals surface area contributed by atoms with E-state index in [2.05, 4.69) is 10.6 Å². The minimum absolute atomic E-state index is 0.0671. The Kier molecular flexibility index (Phi) is 7.11. The van der Waals surface area contributed by atoms with Crippen LogP contribution in [0.1, 0.15) is 27.2 Å². The molecule has 1 saturated heterocycles. The Balaban J connectivity index is 2.50. The van der Waals surface area contributed by atoms with E-state index < -0.39 is 29.5 Å². The van der Waals surface area contributed by atoms with E-state index in [-0.39, 0.29) is 24.9 Å². The number of amides is 2. The van der Waals surface area contributed by atoms with Gasteiger partial charge in [0.15, 0.2) is 5.78 Å². The number of hydrogen-bond donors (Lipinski definition) is 3. The van der Waals surface area contributed by atoms with Crippen LogP contribution in [0.5, 0.6) is 0 Å². The van der Waals surface area contributed by atoms with Gasteiger partial charge >= 0.3 is 0 Å². The van der Waals surface area contributed by atoms with Crippen molar-refractivity contribution in [2.24, 2.45) is 11.7 Å². The van der Waals surface area contributed by atoms with E-state index in [1.54, 1.807) is 6.92 Å². The van der Waals surface area contributed by atoms with Gasteiger partial charge in [-0.05, 0) is 19.3 Å². The Hall–Kier alpha value is -1.51. The maximum absolute atomic E-state index is 12.4. The van der Waals surface area contributed by atoms with Crippen molar-refractivity contribution in [1.82, 2.24) is 10.6 Å². The first kappa shape index (κ1) is 19.5. The number of nitrogens with two attached hydrogens (primary N) is 1. The highest BCUT2D eigenvalue weighted by molar-refractivity contribution is 5.97. The standard InChI is InChI=1S/C15H27N3O5/c1-9(2)5-11(13(20)15(3)8-23-15)18-12(19)6-17-14(21)10(16)7-22-4/h9-11H,5-8,16H2,1-4H3,(H,17,21)(H,18,19). The number of carbonyl (C=O) groups excluding carboxylic acids is 3. The van der Waals surface area contributed by atoms with E-state index in [4.69, 9.17) is 15.2 Å². The average molecular weight is 329 g/mol. The second-order valence-electron chi connectivity index (χ2n) is 6.41. The van der Waals surface area contributed by atoms with Gasteiger partial charge in [0.1, 0.15) is 11.6 Å². The quantitative estimate of drug-likeness (QED) is 0.440. The Morgan fingerprint density at radius 2 is 1.96 bits per heavy atom. The number of hydrogen-bond acceptors (Lipinski definition) is 6. The SMILES string of the molecule is COCC(N)C(=O)NCC(=O)NC(CC(C)C)C(=O)C1(C)CO1. The van der Waals surface area contributed by atoms with Crippen LogP contribution >= 0.6 is 0 Å². The Labute approximate surface area is 136 Å². The lowest BCUT2D eigenvalue weighted by Gasteiger charge is -2.21. The van der Waals surface area contributed by atoms with Crippen LogP contribution in [0.15, 0.2) is 0 Å². The molecule has 1 heterocycles. The van der Waals surface area contributed by atoms with Crippen molar-refractivity contribution in [2.45, 2.75) is 44.9 Å². The van der Waals surface area contributed by atoms with E-state index >= 15 is 0 Å². The first-order valence-corrected chi connectivity index (χ1v) is 7.69. The molecule has 1 fully saturated rings. The normalized spacial score (nSPS) is 22.3. The summed E-state index contributed by atoms with van der Waals surface area (Å²) in [4.78, 5) is 36.0. The van der Waals surface area contributed by atoms with E-state index in [0.717, 1.165) is 0 Å². The van der Waals surface area contributed by atoms with E-state index in [9.17, 15) is 14.4 Å². The highest BCUT2D eigenvalue weighted by Gasteiger charge is 2.50. The van der Waals surface area contributed by atoms with Crippen molar-refractivity contribution in [3.63, 3.8) is 0 Å². The molecule has 3 unspecified atom stereocenters. The molecule has 0 aromatic heterocycles. The van der Waals surface area contributed by atoms with Crippen LogP contribution < -0.4 is 16.4 Å². The highest BCUT2D eigenvalue weighted by atomic mass is 16.6. The molecule has 0 spiro atoms. The Morgan fingerprint density at radius 3 is 2.43 bits per heavy atom. The van der Waals surface area contributed by atoms with Gasteiger partial charge < -0.3 is 25.8 Å². The van der Waals surface area contributed by atoms with Crippen LogP contribution in [0.2, 0.25) is 0 Å². The van der Waals surface area contributed by atoms with Crippen LogP contribution in [-0.4, -0.2) is 62.2 Å². The lowest BCUT2D eigenvalue weighted by atomic mass is 9.93. The van der Waals surface area contributed by atoms with Crippen LogP contribution in [0.3, 0.4) is 0 Å². The van der Waals surface area contributed by atoms with Gasteiger partial charge in [0.25, 0.3) is 0 Å². The molecule has 3 atom stereocenters. The average Bonchev–Trinajstić information content (AvgIpc) is 3.22. The van der Waals surface area contributed by atoms with Gasteiger partial charge in [0, 0.05) is 7.11 Å². The second-order valence-corrected chi connectivity index (χ2v) is 6.41. The first-order chi connectivity index (χ1) is 10.7. The third-order valence-corrected chi connectivity index (χ3v) is 3.56. The predicted octanol–water partition coefficient (Wildman–Crippen LogP) is -1.03. The molecule has 132 valence electrons. The smallest absolute Gasteiger partial charge is 0.239 e. The zero-order valence-electron chi connectivity index (χ0n) is 14.2. The molecule has 8 heteroatoms. The molecule has 0 aliphatic carbocycles. The molecule has 2 amide bonds. The molecule has 0 aromatic rings. The van der Waals surface area contributed by atoms with Crippen molar-refractivity contribution < 1.29 is 23.9 Å². The minimum Gasteiger partial charge on any atom is -0.383 e. The molecular weight excluding hydrogens is 302 g/mol. The fourth-order valence-corrected chi connectivity index (χ4v) is 2.12. The molecule has 0 radical (unpaired) electrons. The lowest BCUT2D eigenvalue weighted by Crippen LogP contribution is -2.51. The third kappa shape index (κ3) is 6.25. The van der Waals surface area contributed by atoms with E-state index in [1.807, 2.05) is 13.8 Å². The number of epoxide rings is 1. The van der Waals surface area contributed by atoms with Crippen molar-refractivity contribution in [3.8, 4) is 0 Å². The Morgan fingerprint density at radius 1 is 1.35 bits per heavy atom. The lowest BCUT2D eigenvalue weighted by molar-refractivity contribution is -0.131. The number of rotatable bonds is 10. The van der Waals surface area contributed by atoms with Crippen molar-refractivity contribution in [1.29, 1.82) is 0 Å². The summed E-state index contributed by atoms with van der Waals surface area (Å²) in [5.41, 5.74) is 4.76. The van der Waals surface area contributed by atoms with Gasteiger partial charge in [-0.1, -0.05) is 13.8 Å². The van der Waals surface area contributed by atoms with Crippen molar-refractivity contribution in [3.05, 3.63) is 0 Å². The number of Topliss-reactive ketones (excluding diaryl/α,β-unsaturated/α-hetero) is 1. The monoisotopic (exact) mass is 329 g/mol. The molecule has 1 rings (SSSR count). The van der Waals surface area contributed by atoms with Crippen LogP contribution in [-0.2, 0) is 23.9 Å². The minimum atomic E-state index is -0.834. The van der Waals surface area contributed by atoms with Gasteiger partial charge in [-0.25, -0.2) is 0 Å². The molecule has 0 bridgehead atoms. The molecular formula is C15H27N3O5. The fraction of sp³-hybridized carbons (Fsp3) is 0.800. The summed E-state index contributed by atoms with van der Waals surface area (Å²) in [5.74, 6) is -0.823. The fourth-order valence-electron chi connectivity index (χ4n) is 2.12. The summed E-state index contributed by atoms with van der Waals surface area (Å²) in [6.45, 7) is 5.84. The molecule has 1 aliphatic heterocycles. The molecule has 0 saturated carbocycles. The van der Waals surface area contributed by atoms with Crippen LogP contribution in [0.25, 0.3) is 0 Å². The topological polar surface area (TPSA) is 123 Å². The first-order valence-electron chi connectivity index (χ1n) is 7.69. The predicted molar refractivity (Wildman–Crippen MR) is 83.6 cm³/mol. The van der Waals surface area contributed by atoms with Gasteiger partial charge in [0.2, 0.25) is 11.8 Å². The van der Waals surface area contributed by atoms with Gasteiger partial charge in [0.05, 0.1) is 25.8 Å². The summed E-state index contributed by atoms with van der Waals surface area (Å²) in [6, 6.07) is -1.46. The zero-order valence-corrected chi connectivity index (χ0v) is 14.2. The molecule has 8 nitrogen and oxygen atoms in total. The maximum Gasteiger partial charge on any atom is 0.239 e. The number of carbonyl (C=O) groups is 3. The summed E-state index contributed by atoms with van der Waals surface area (Å²) in [6.07, 6.45) is 0.515. The van der Waals surface area contributed by atoms with Crippen molar-refractivity contribution >= 4 is 17.6 Å². The summed E-state index contributed by atoms with van der Waals surface area (Å²) >= 11 is 0. The number of ether oxygens (including phenoxy) is 2. The largest absolute Gasteiger partial charge is 0.383 e. The molecule has 0 aromatic carbocycles. The molecule has 23 heavy (non-hydrogen) atoms. The summed E-state index contributed by atoms with van der Waals surface area (Å²) in [5, 5.41) is 5.09. The second kappa shape index (κ2) is 8.37. The maximum atomic E-state index is 12.4. The van der Waals surface area contributed by atoms with Gasteiger partial charge in [-0.2, -0.15) is 0 Å². The third-order valence-electron chi connectivity index (χ3n) is 3.56. The Bertz CT molecular complexity index is 448. The number of nitrogens with one attached hydrogen (secondary N) is 2. The van der Waals surface area contributed by atoms with Crippen LogP contribution in [0, 0.1) is 5.92 Å². The van der Waals surface area contributed by atoms with E-state index in [1.165, 1.54) is 7.11 Å². The number of methoxy groups -OCH3 is 1. The highest BCUT2D eigenvalue weighted by Crippen LogP contribution is 2.29. The molecule has 1 aliphatic rings. The summed E-state index contributed by atoms with van der Waals surface area (Å²) < 4.78 is 9.93. The molecule has 4 N–H and O–H groups in total. The van der Waals surface area contributed by atoms with Gasteiger partial charge in [-0.3, -0.25) is 14.4 Å². The van der Waals surface area contributed by atoms with E-state index in [0.29, 0.717) is 13.0 Å². The summed E-state index contributed by atoms with van der Waals surface area (Å²) in [7, 11) is 1.43. The number of ketones is 1. The zero-order chi connectivity index (χ0) is 17.6.